The first-order chi connectivity index (χ1) is 9.66. The van der Waals surface area contributed by atoms with Gasteiger partial charge in [0.25, 0.3) is 5.91 Å². The number of aromatic nitrogens is 1. The maximum absolute atomic E-state index is 12.4. The fraction of sp³-hybridized carbons (Fsp3) is 0.357. The Hall–Kier alpha value is -2.13. The topological polar surface area (TPSA) is 70.1 Å². The molecule has 0 spiro atoms. The summed E-state index contributed by atoms with van der Waals surface area (Å²) in [5.41, 5.74) is -0.281. The lowest BCUT2D eigenvalue weighted by molar-refractivity contribution is 0.0492. The summed E-state index contributed by atoms with van der Waals surface area (Å²) in [4.78, 5) is 18.2. The van der Waals surface area contributed by atoms with Gasteiger partial charge < -0.3 is 9.32 Å². The molecule has 1 saturated carbocycles. The quantitative estimate of drug-likeness (QED) is 0.870. The van der Waals surface area contributed by atoms with Crippen LogP contribution < -0.4 is 0 Å². The standard InChI is InChI=1S/C14H13N3O2S/c1-17(14(9-15)5-3-6-14)13(18)10-8-20-12(16-10)11-4-2-7-19-11/h2,4,7-8H,3,5-6H2,1H3. The Labute approximate surface area is 120 Å². The molecule has 5 nitrogen and oxygen atoms in total. The number of hydrogen-bond donors (Lipinski definition) is 0. The zero-order chi connectivity index (χ0) is 14.2. The number of nitriles is 1. The molecule has 0 aromatic carbocycles. The summed E-state index contributed by atoms with van der Waals surface area (Å²) in [6.07, 6.45) is 4.03. The van der Waals surface area contributed by atoms with E-state index < -0.39 is 5.54 Å². The minimum atomic E-state index is -0.647. The molecule has 0 aliphatic heterocycles. The normalized spacial score (nSPS) is 16.2. The third-order valence-electron chi connectivity index (χ3n) is 3.79. The van der Waals surface area contributed by atoms with Crippen LogP contribution in [0.25, 0.3) is 10.8 Å². The Balaban J connectivity index is 1.83. The van der Waals surface area contributed by atoms with E-state index in [9.17, 15) is 10.1 Å². The van der Waals surface area contributed by atoms with Gasteiger partial charge in [0.1, 0.15) is 11.2 Å². The molecule has 1 amide bonds. The largest absolute Gasteiger partial charge is 0.462 e. The van der Waals surface area contributed by atoms with E-state index in [4.69, 9.17) is 4.42 Å². The van der Waals surface area contributed by atoms with Gasteiger partial charge in [-0.2, -0.15) is 5.26 Å². The molecule has 6 heteroatoms. The molecule has 2 aromatic heterocycles. The number of carbonyl (C=O) groups is 1. The number of furan rings is 1. The molecule has 0 saturated heterocycles. The van der Waals surface area contributed by atoms with Crippen molar-refractivity contribution in [1.29, 1.82) is 5.26 Å². The van der Waals surface area contributed by atoms with Gasteiger partial charge in [0, 0.05) is 12.4 Å². The van der Waals surface area contributed by atoms with Crippen LogP contribution in [0.3, 0.4) is 0 Å². The second-order valence-electron chi connectivity index (χ2n) is 4.88. The van der Waals surface area contributed by atoms with Crippen molar-refractivity contribution in [1.82, 2.24) is 9.88 Å². The number of thiazole rings is 1. The second-order valence-corrected chi connectivity index (χ2v) is 5.73. The smallest absolute Gasteiger partial charge is 0.274 e. The second kappa shape index (κ2) is 4.76. The van der Waals surface area contributed by atoms with Crippen molar-refractivity contribution in [3.63, 3.8) is 0 Å². The first-order valence-corrected chi connectivity index (χ1v) is 7.23. The summed E-state index contributed by atoms with van der Waals surface area (Å²) >= 11 is 1.36. The fourth-order valence-electron chi connectivity index (χ4n) is 2.29. The van der Waals surface area contributed by atoms with Crippen molar-refractivity contribution < 1.29 is 9.21 Å². The Bertz CT molecular complexity index is 665. The molecule has 2 heterocycles. The van der Waals surface area contributed by atoms with Gasteiger partial charge in [-0.1, -0.05) is 0 Å². The van der Waals surface area contributed by atoms with Crippen LogP contribution in [0.2, 0.25) is 0 Å². The van der Waals surface area contributed by atoms with Gasteiger partial charge in [-0.05, 0) is 31.4 Å². The third kappa shape index (κ3) is 1.91. The summed E-state index contributed by atoms with van der Waals surface area (Å²) in [5.74, 6) is 0.440. The van der Waals surface area contributed by atoms with Crippen LogP contribution in [0.5, 0.6) is 0 Å². The van der Waals surface area contributed by atoms with Crippen LogP contribution in [-0.2, 0) is 0 Å². The van der Waals surface area contributed by atoms with E-state index in [2.05, 4.69) is 11.1 Å². The van der Waals surface area contributed by atoms with Crippen LogP contribution >= 0.6 is 11.3 Å². The predicted molar refractivity (Wildman–Crippen MR) is 74.1 cm³/mol. The summed E-state index contributed by atoms with van der Waals surface area (Å²) in [5, 5.41) is 11.7. The average Bonchev–Trinajstić information content (AvgIpc) is 3.07. The molecule has 0 radical (unpaired) electrons. The summed E-state index contributed by atoms with van der Waals surface area (Å²) in [7, 11) is 1.68. The summed E-state index contributed by atoms with van der Waals surface area (Å²) in [6, 6.07) is 5.85. The lowest BCUT2D eigenvalue weighted by Crippen LogP contribution is -2.53. The minimum Gasteiger partial charge on any atom is -0.462 e. The van der Waals surface area contributed by atoms with Crippen LogP contribution in [0.4, 0.5) is 0 Å². The van der Waals surface area contributed by atoms with Crippen molar-refractivity contribution in [3.8, 4) is 16.8 Å². The highest BCUT2D eigenvalue weighted by molar-refractivity contribution is 7.13. The van der Waals surface area contributed by atoms with E-state index in [1.165, 1.54) is 16.2 Å². The first kappa shape index (κ1) is 12.9. The minimum absolute atomic E-state index is 0.208. The van der Waals surface area contributed by atoms with E-state index in [1.54, 1.807) is 30.8 Å². The average molecular weight is 287 g/mol. The third-order valence-corrected chi connectivity index (χ3v) is 4.65. The van der Waals surface area contributed by atoms with Gasteiger partial charge in [0.15, 0.2) is 10.8 Å². The zero-order valence-corrected chi connectivity index (χ0v) is 11.8. The first-order valence-electron chi connectivity index (χ1n) is 6.35. The predicted octanol–water partition coefficient (Wildman–Crippen LogP) is 2.92. The molecule has 102 valence electrons. The van der Waals surface area contributed by atoms with Gasteiger partial charge in [-0.15, -0.1) is 11.3 Å². The van der Waals surface area contributed by atoms with Crippen molar-refractivity contribution >= 4 is 17.2 Å². The molecule has 0 N–H and O–H groups in total. The number of amides is 1. The molecule has 1 aliphatic carbocycles. The maximum atomic E-state index is 12.4. The monoisotopic (exact) mass is 287 g/mol. The SMILES string of the molecule is CN(C(=O)c1csc(-c2ccco2)n1)C1(C#N)CCC1. The Morgan fingerprint density at radius 2 is 2.40 bits per heavy atom. The Morgan fingerprint density at radius 3 is 2.95 bits per heavy atom. The van der Waals surface area contributed by atoms with Crippen molar-refractivity contribution in [2.45, 2.75) is 24.8 Å². The fourth-order valence-corrected chi connectivity index (χ4v) is 3.05. The highest BCUT2D eigenvalue weighted by Gasteiger charge is 2.44. The van der Waals surface area contributed by atoms with Gasteiger partial charge in [-0.3, -0.25) is 4.79 Å². The van der Waals surface area contributed by atoms with E-state index in [1.807, 2.05) is 0 Å². The van der Waals surface area contributed by atoms with E-state index in [0.29, 0.717) is 16.5 Å². The zero-order valence-electron chi connectivity index (χ0n) is 11.0. The van der Waals surface area contributed by atoms with Crippen LogP contribution in [0.1, 0.15) is 29.8 Å². The number of rotatable bonds is 3. The van der Waals surface area contributed by atoms with Gasteiger partial charge in [0.05, 0.1) is 12.3 Å². The highest BCUT2D eigenvalue weighted by Crippen LogP contribution is 2.37. The Kier molecular flexibility index (Phi) is 3.07. The van der Waals surface area contributed by atoms with Crippen LogP contribution in [-0.4, -0.2) is 28.4 Å². The molecular formula is C14H13N3O2S. The molecule has 3 rings (SSSR count). The Morgan fingerprint density at radius 1 is 1.60 bits per heavy atom. The van der Waals surface area contributed by atoms with Crippen molar-refractivity contribution in [2.24, 2.45) is 0 Å². The molecule has 0 bridgehead atoms. The number of hydrogen-bond acceptors (Lipinski definition) is 5. The van der Waals surface area contributed by atoms with Gasteiger partial charge >= 0.3 is 0 Å². The number of carbonyl (C=O) groups excluding carboxylic acids is 1. The highest BCUT2D eigenvalue weighted by atomic mass is 32.1. The van der Waals surface area contributed by atoms with Gasteiger partial charge in [0.2, 0.25) is 0 Å². The van der Waals surface area contributed by atoms with E-state index in [-0.39, 0.29) is 5.91 Å². The van der Waals surface area contributed by atoms with Crippen LogP contribution in [0, 0.1) is 11.3 Å². The molecule has 2 aromatic rings. The van der Waals surface area contributed by atoms with Crippen molar-refractivity contribution in [2.75, 3.05) is 7.05 Å². The summed E-state index contributed by atoms with van der Waals surface area (Å²) in [6.45, 7) is 0. The molecule has 0 atom stereocenters. The molecular weight excluding hydrogens is 274 g/mol. The van der Waals surface area contributed by atoms with E-state index >= 15 is 0 Å². The molecule has 1 aliphatic rings. The lowest BCUT2D eigenvalue weighted by Gasteiger charge is -2.42. The van der Waals surface area contributed by atoms with Crippen LogP contribution in [0.15, 0.2) is 28.2 Å². The van der Waals surface area contributed by atoms with Crippen molar-refractivity contribution in [3.05, 3.63) is 29.5 Å². The lowest BCUT2D eigenvalue weighted by atomic mass is 9.76. The molecule has 1 fully saturated rings. The maximum Gasteiger partial charge on any atom is 0.274 e. The van der Waals surface area contributed by atoms with E-state index in [0.717, 1.165) is 19.3 Å². The molecule has 20 heavy (non-hydrogen) atoms. The molecule has 0 unspecified atom stereocenters. The van der Waals surface area contributed by atoms with Gasteiger partial charge in [-0.25, -0.2) is 4.98 Å². The summed E-state index contributed by atoms with van der Waals surface area (Å²) < 4.78 is 5.26. The number of nitrogens with zero attached hydrogens (tertiary/aromatic N) is 3.